The Morgan fingerprint density at radius 1 is 0.585 bits per heavy atom. The number of hydrogen-bond acceptors (Lipinski definition) is 4. The molecule has 0 aliphatic heterocycles. The second-order valence-electron chi connectivity index (χ2n) is 9.90. The Kier molecular flexibility index (Phi) is 23.9. The van der Waals surface area contributed by atoms with Gasteiger partial charge < -0.3 is 4.79 Å². The molecule has 220 valence electrons. The predicted octanol–water partition coefficient (Wildman–Crippen LogP) is 8.68. The van der Waals surface area contributed by atoms with Gasteiger partial charge in [-0.3, -0.25) is 14.4 Å². The Hall–Kier alpha value is -3.96. The van der Waals surface area contributed by atoms with Crippen LogP contribution in [0.5, 0.6) is 0 Å². The average Bonchev–Trinajstić information content (AvgIpc) is 2.87. The molecule has 2 rings (SSSR count). The van der Waals surface area contributed by atoms with Crippen molar-refractivity contribution in [2.45, 2.75) is 67.6 Å². The molecule has 0 atom stereocenters. The normalized spacial score (nSPS) is 11.3. The molecule has 0 spiro atoms. The molecule has 0 fully saturated rings. The number of Topliss-reactive ketones (excluding diaryl/α,β-unsaturated/α-hetero) is 1. The summed E-state index contributed by atoms with van der Waals surface area (Å²) in [6.45, 7) is 16.4. The molecule has 2 aromatic carbocycles. The third kappa shape index (κ3) is 30.4. The van der Waals surface area contributed by atoms with Crippen molar-refractivity contribution in [1.29, 1.82) is 0 Å². The first kappa shape index (κ1) is 39.2. The van der Waals surface area contributed by atoms with Gasteiger partial charge in [-0.15, -0.1) is 0 Å². The minimum Gasteiger partial charge on any atom is -0.300 e. The highest BCUT2D eigenvalue weighted by Gasteiger charge is 1.97. The van der Waals surface area contributed by atoms with Gasteiger partial charge in [-0.1, -0.05) is 104 Å². The lowest BCUT2D eigenvalue weighted by atomic mass is 10.1. The van der Waals surface area contributed by atoms with Crippen LogP contribution in [0.2, 0.25) is 19.1 Å². The lowest BCUT2D eigenvalue weighted by molar-refractivity contribution is -0.115. The maximum absolute atomic E-state index is 10.8. The molecule has 2 aromatic rings. The fourth-order valence-corrected chi connectivity index (χ4v) is 4.29. The summed E-state index contributed by atoms with van der Waals surface area (Å²) < 4.78 is 0. The van der Waals surface area contributed by atoms with Gasteiger partial charge >= 0.3 is 0 Å². The number of carbonyl (C=O) groups excluding carboxylic acids is 4. The van der Waals surface area contributed by atoms with Gasteiger partial charge in [0, 0.05) is 8.80 Å². The molecule has 0 saturated carbocycles. The summed E-state index contributed by atoms with van der Waals surface area (Å²) in [5.41, 5.74) is 4.18. The van der Waals surface area contributed by atoms with Crippen molar-refractivity contribution < 1.29 is 19.2 Å². The highest BCUT2D eigenvalue weighted by Crippen LogP contribution is 2.04. The molecule has 0 aliphatic carbocycles. The van der Waals surface area contributed by atoms with Gasteiger partial charge in [-0.05, 0) is 95.0 Å². The Morgan fingerprint density at radius 3 is 1.27 bits per heavy atom. The molecule has 41 heavy (non-hydrogen) atoms. The first-order valence-corrected chi connectivity index (χ1v) is 16.9. The Balaban J connectivity index is 0. The zero-order chi connectivity index (χ0) is 31.6. The quantitative estimate of drug-likeness (QED) is 0.171. The molecule has 0 heterocycles. The molecule has 5 heteroatoms. The second kappa shape index (κ2) is 25.0. The molecule has 4 nitrogen and oxygen atoms in total. The predicted molar refractivity (Wildman–Crippen MR) is 180 cm³/mol. The van der Waals surface area contributed by atoms with E-state index < -0.39 is 8.80 Å². The Morgan fingerprint density at radius 2 is 0.976 bits per heavy atom. The van der Waals surface area contributed by atoms with Gasteiger partial charge in [-0.25, -0.2) is 0 Å². The Bertz CT molecular complexity index is 1200. The molecule has 0 unspecified atom stereocenters. The number of rotatable bonds is 9. The van der Waals surface area contributed by atoms with E-state index in [2.05, 4.69) is 13.1 Å². The summed E-state index contributed by atoms with van der Waals surface area (Å²) in [5, 5.41) is 0. The molecule has 0 N–H and O–H groups in total. The van der Waals surface area contributed by atoms with Crippen LogP contribution >= 0.6 is 0 Å². The fourth-order valence-electron chi connectivity index (χ4n) is 3.14. The van der Waals surface area contributed by atoms with Crippen LogP contribution in [0.15, 0.2) is 108 Å². The molecule has 0 bridgehead atoms. The van der Waals surface area contributed by atoms with Crippen LogP contribution in [0, 0.1) is 0 Å². The zero-order valence-corrected chi connectivity index (χ0v) is 27.5. The van der Waals surface area contributed by atoms with Crippen molar-refractivity contribution in [2.75, 3.05) is 0 Å². The smallest absolute Gasteiger partial charge is 0.152 e. The van der Waals surface area contributed by atoms with Crippen LogP contribution in [0.1, 0.15) is 59.6 Å². The summed E-state index contributed by atoms with van der Waals surface area (Å²) in [7, 11) is -0.578. The topological polar surface area (TPSA) is 68.3 Å². The summed E-state index contributed by atoms with van der Waals surface area (Å²) in [4.78, 5) is 42.0. The van der Waals surface area contributed by atoms with Gasteiger partial charge in [0.1, 0.15) is 5.78 Å². The van der Waals surface area contributed by atoms with E-state index in [0.29, 0.717) is 5.78 Å². The van der Waals surface area contributed by atoms with Crippen LogP contribution in [0.3, 0.4) is 0 Å². The van der Waals surface area contributed by atoms with E-state index in [1.807, 2.05) is 112 Å². The molecule has 0 saturated heterocycles. The molecule has 0 amide bonds. The van der Waals surface area contributed by atoms with Crippen molar-refractivity contribution in [2.24, 2.45) is 0 Å². The van der Waals surface area contributed by atoms with Gasteiger partial charge in [0.25, 0.3) is 0 Å². The standard InChI is InChI=1S/C13H14O.C10H10O.C8H12O.C5H12OSi/c1-11(10-12(2)14)8-9-13-6-4-3-5-7-13;1-9(11)7-8-10-5-3-2-4-6-10;1-4-5-7(2)6-8(3)9;1-5(6)4-7(2)3/h3-10H,1-2H3;2-8H,1H3;4-6H,1-3H3;7H,4H2,1-3H3/b9-8+,11-10-;8-7+;5-4+,7-6+;. The zero-order valence-electron chi connectivity index (χ0n) is 26.3. The molecular weight excluding hydrogens is 524 g/mol. The number of carbonyl (C=O) groups is 4. The molecule has 0 aromatic heterocycles. The maximum Gasteiger partial charge on any atom is 0.152 e. The summed E-state index contributed by atoms with van der Waals surface area (Å²) in [6.07, 6.45) is 14.4. The van der Waals surface area contributed by atoms with Gasteiger partial charge in [0.05, 0.1) is 0 Å². The van der Waals surface area contributed by atoms with Crippen molar-refractivity contribution in [1.82, 2.24) is 0 Å². The van der Waals surface area contributed by atoms with E-state index in [-0.39, 0.29) is 17.3 Å². The third-order valence-electron chi connectivity index (χ3n) is 4.64. The van der Waals surface area contributed by atoms with Crippen LogP contribution in [-0.4, -0.2) is 31.9 Å². The average molecular weight is 573 g/mol. The van der Waals surface area contributed by atoms with Gasteiger partial charge in [0.2, 0.25) is 0 Å². The van der Waals surface area contributed by atoms with Crippen molar-refractivity contribution in [3.63, 3.8) is 0 Å². The first-order chi connectivity index (χ1) is 19.3. The fraction of sp³-hybridized carbons (Fsp3) is 0.278. The second-order valence-corrected chi connectivity index (χ2v) is 13.1. The van der Waals surface area contributed by atoms with E-state index in [1.54, 1.807) is 45.9 Å². The number of hydrogen-bond donors (Lipinski definition) is 0. The lowest BCUT2D eigenvalue weighted by Crippen LogP contribution is -2.04. The summed E-state index contributed by atoms with van der Waals surface area (Å²) in [6, 6.07) is 20.6. The largest absolute Gasteiger partial charge is 0.300 e. The maximum atomic E-state index is 10.8. The van der Waals surface area contributed by atoms with Gasteiger partial charge in [-0.2, -0.15) is 0 Å². The lowest BCUT2D eigenvalue weighted by Gasteiger charge is -1.93. The van der Waals surface area contributed by atoms with E-state index in [4.69, 9.17) is 0 Å². The molecule has 0 radical (unpaired) electrons. The van der Waals surface area contributed by atoms with Crippen LogP contribution in [0.25, 0.3) is 12.2 Å². The van der Waals surface area contributed by atoms with Crippen molar-refractivity contribution in [3.05, 3.63) is 119 Å². The summed E-state index contributed by atoms with van der Waals surface area (Å²) in [5.74, 6) is 0.612. The van der Waals surface area contributed by atoms with E-state index in [0.717, 1.165) is 28.3 Å². The van der Waals surface area contributed by atoms with Crippen LogP contribution in [0.4, 0.5) is 0 Å². The van der Waals surface area contributed by atoms with Gasteiger partial charge in [0.15, 0.2) is 17.3 Å². The minimum absolute atomic E-state index is 0.0776. The number of allylic oxidation sites excluding steroid dienone is 8. The SMILES string of the molecule is C/C=C/C(C)=C/C(C)=O.CC(=O)/C=C(C)\C=C\c1ccccc1.CC(=O)/C=C/c1ccccc1.CC(=O)C[SiH](C)C. The van der Waals surface area contributed by atoms with E-state index >= 15 is 0 Å². The van der Waals surface area contributed by atoms with Crippen LogP contribution in [-0.2, 0) is 19.2 Å². The number of ketones is 4. The monoisotopic (exact) mass is 572 g/mol. The summed E-state index contributed by atoms with van der Waals surface area (Å²) >= 11 is 0. The van der Waals surface area contributed by atoms with E-state index in [9.17, 15) is 19.2 Å². The van der Waals surface area contributed by atoms with Crippen LogP contribution < -0.4 is 0 Å². The van der Waals surface area contributed by atoms with Crippen molar-refractivity contribution in [3.8, 4) is 0 Å². The molecule has 0 aliphatic rings. The first-order valence-electron chi connectivity index (χ1n) is 13.7. The highest BCUT2D eigenvalue weighted by molar-refractivity contribution is 6.59. The number of benzene rings is 2. The van der Waals surface area contributed by atoms with Crippen molar-refractivity contribution >= 4 is 44.1 Å². The van der Waals surface area contributed by atoms with E-state index in [1.165, 1.54) is 0 Å². The molecular formula is C36H48O4Si. The third-order valence-corrected chi connectivity index (χ3v) is 6.03. The minimum atomic E-state index is -0.578. The highest BCUT2D eigenvalue weighted by atomic mass is 28.3. The Labute approximate surface area is 249 Å².